The Labute approximate surface area is 253 Å². The van der Waals surface area contributed by atoms with Gasteiger partial charge in [-0.3, -0.25) is 4.79 Å². The molecule has 0 aliphatic heterocycles. The Morgan fingerprint density at radius 1 is 1.00 bits per heavy atom. The van der Waals surface area contributed by atoms with Crippen LogP contribution in [0.4, 0.5) is 0 Å². The second-order valence-corrected chi connectivity index (χ2v) is 15.2. The Bertz CT molecular complexity index is 1410. The van der Waals surface area contributed by atoms with E-state index in [1.165, 1.54) is 0 Å². The van der Waals surface area contributed by atoms with Crippen molar-refractivity contribution < 1.29 is 14.3 Å². The zero-order valence-electron chi connectivity index (χ0n) is 27.0. The lowest BCUT2D eigenvalue weighted by atomic mass is 10.0. The van der Waals surface area contributed by atoms with Crippen LogP contribution in [0.5, 0.6) is 5.75 Å². The fraction of sp³-hybridized carbons (Fsp3) is 0.424. The van der Waals surface area contributed by atoms with Gasteiger partial charge in [0.15, 0.2) is 5.65 Å². The number of likely N-dealkylation sites (N-methyl/N-ethyl adjacent to an activating group) is 1. The summed E-state index contributed by atoms with van der Waals surface area (Å²) < 4.78 is 13.5. The lowest BCUT2D eigenvalue weighted by Gasteiger charge is -2.24. The summed E-state index contributed by atoms with van der Waals surface area (Å²) >= 11 is 0. The molecular formula is C33H49N5O3S. The molecule has 230 valence electrons. The van der Waals surface area contributed by atoms with Gasteiger partial charge in [0.2, 0.25) is 5.91 Å². The van der Waals surface area contributed by atoms with E-state index >= 15 is 0 Å². The number of hydrogen-bond acceptors (Lipinski definition) is 6. The smallest absolute Gasteiger partial charge is 0.226 e. The zero-order chi connectivity index (χ0) is 31.3. The quantitative estimate of drug-likeness (QED) is 0.229. The van der Waals surface area contributed by atoms with Gasteiger partial charge in [0.1, 0.15) is 18.2 Å². The van der Waals surface area contributed by atoms with Gasteiger partial charge in [-0.15, -0.1) is 0 Å². The topological polar surface area (TPSA) is 81.5 Å². The standard InChI is InChI=1S/C29H36N4O3S.C2H7N.C2H6/c1-32(2)27(34)17-21-10-9-11-22(16-21)23-18-25-28(24-12-7-8-13-26(24)35-3)31-33(29(25)30-19-23)20-36-14-15-37(4,5)6;1-3-2;1-2/h7-13,16,18-19H,14-15,17,20H2,1-6H3;3H,1-2H3;1-2H3. The molecule has 2 aromatic heterocycles. The second-order valence-electron chi connectivity index (χ2n) is 10.6. The number of hydrogen-bond donors (Lipinski definition) is 1. The third-order valence-electron chi connectivity index (χ3n) is 6.12. The van der Waals surface area contributed by atoms with Crippen LogP contribution in [0.25, 0.3) is 33.4 Å². The minimum atomic E-state index is -0.631. The normalized spacial score (nSPS) is 11.2. The molecule has 0 unspecified atom stereocenters. The van der Waals surface area contributed by atoms with Crippen molar-refractivity contribution >= 4 is 27.0 Å². The summed E-state index contributed by atoms with van der Waals surface area (Å²) in [6.07, 6.45) is 9.07. The average Bonchev–Trinajstić information content (AvgIpc) is 3.34. The summed E-state index contributed by atoms with van der Waals surface area (Å²) in [5, 5.41) is 8.59. The number of aromatic nitrogens is 3. The maximum atomic E-state index is 12.2. The number of fused-ring (bicyclic) bond motifs is 1. The molecule has 0 bridgehead atoms. The van der Waals surface area contributed by atoms with Crippen LogP contribution in [-0.4, -0.2) is 92.0 Å². The molecule has 1 N–H and O–H groups in total. The first kappa shape index (κ1) is 34.8. The molecule has 0 saturated carbocycles. The van der Waals surface area contributed by atoms with E-state index in [0.717, 1.165) is 50.5 Å². The highest BCUT2D eigenvalue weighted by Crippen LogP contribution is 2.36. The lowest BCUT2D eigenvalue weighted by Crippen LogP contribution is -2.23. The number of nitrogens with one attached hydrogen (secondary N) is 1. The average molecular weight is 596 g/mol. The van der Waals surface area contributed by atoms with E-state index in [1.807, 2.05) is 81.3 Å². The van der Waals surface area contributed by atoms with Gasteiger partial charge in [0.25, 0.3) is 0 Å². The van der Waals surface area contributed by atoms with Crippen molar-refractivity contribution in [2.75, 3.05) is 66.4 Å². The monoisotopic (exact) mass is 595 g/mol. The Balaban J connectivity index is 0.00000116. The molecule has 8 nitrogen and oxygen atoms in total. The van der Waals surface area contributed by atoms with E-state index in [4.69, 9.17) is 19.6 Å². The number of carbonyl (C=O) groups excluding carboxylic acids is 1. The van der Waals surface area contributed by atoms with Gasteiger partial charge in [0, 0.05) is 42.6 Å². The molecule has 0 saturated heterocycles. The number of pyridine rings is 1. The number of carbonyl (C=O) groups is 1. The van der Waals surface area contributed by atoms with Gasteiger partial charge >= 0.3 is 0 Å². The SMILES string of the molecule is CC.CNC.COc1ccccc1-c1nn(COCCS(C)(C)C)c2ncc(-c3cccc(CC(=O)N(C)C)c3)cc12. The van der Waals surface area contributed by atoms with Gasteiger partial charge in [-0.25, -0.2) is 19.7 Å². The largest absolute Gasteiger partial charge is 0.496 e. The summed E-state index contributed by atoms with van der Waals surface area (Å²) in [6, 6.07) is 18.0. The minimum absolute atomic E-state index is 0.0681. The minimum Gasteiger partial charge on any atom is -0.496 e. The van der Waals surface area contributed by atoms with Crippen molar-refractivity contribution in [2.45, 2.75) is 27.0 Å². The van der Waals surface area contributed by atoms with Gasteiger partial charge in [-0.05, 0) is 62.2 Å². The van der Waals surface area contributed by atoms with Gasteiger partial charge in [0.05, 0.1) is 20.1 Å². The van der Waals surface area contributed by atoms with Crippen molar-refractivity contribution in [2.24, 2.45) is 0 Å². The highest BCUT2D eigenvalue weighted by molar-refractivity contribution is 8.32. The number of methoxy groups -OCH3 is 1. The first-order chi connectivity index (χ1) is 20.1. The van der Waals surface area contributed by atoms with E-state index in [1.54, 1.807) is 26.1 Å². The number of amides is 1. The maximum absolute atomic E-state index is 12.2. The van der Waals surface area contributed by atoms with Crippen molar-refractivity contribution in [3.8, 4) is 28.1 Å². The highest BCUT2D eigenvalue weighted by Gasteiger charge is 2.18. The molecule has 42 heavy (non-hydrogen) atoms. The first-order valence-corrected chi connectivity index (χ1v) is 17.2. The zero-order valence-corrected chi connectivity index (χ0v) is 27.8. The summed E-state index contributed by atoms with van der Waals surface area (Å²) in [6.45, 7) is 5.01. The molecule has 4 rings (SSSR count). The van der Waals surface area contributed by atoms with Crippen molar-refractivity contribution in [1.82, 2.24) is 25.0 Å². The summed E-state index contributed by atoms with van der Waals surface area (Å²) in [5.41, 5.74) is 5.38. The molecular weight excluding hydrogens is 546 g/mol. The third kappa shape index (κ3) is 9.86. The first-order valence-electron chi connectivity index (χ1n) is 14.2. The van der Waals surface area contributed by atoms with Crippen molar-refractivity contribution in [3.63, 3.8) is 0 Å². The predicted octanol–water partition coefficient (Wildman–Crippen LogP) is 5.93. The summed E-state index contributed by atoms with van der Waals surface area (Å²) in [4.78, 5) is 18.7. The predicted molar refractivity (Wildman–Crippen MR) is 180 cm³/mol. The Morgan fingerprint density at radius 2 is 1.69 bits per heavy atom. The number of rotatable bonds is 10. The van der Waals surface area contributed by atoms with E-state index in [2.05, 4.69) is 36.2 Å². The Kier molecular flexibility index (Phi) is 14.0. The maximum Gasteiger partial charge on any atom is 0.226 e. The van der Waals surface area contributed by atoms with Crippen molar-refractivity contribution in [1.29, 1.82) is 0 Å². The van der Waals surface area contributed by atoms with Gasteiger partial charge in [-0.1, -0.05) is 50.2 Å². The number of nitrogens with zero attached hydrogens (tertiary/aromatic N) is 4. The second kappa shape index (κ2) is 16.9. The molecule has 0 aliphatic rings. The molecule has 1 amide bonds. The fourth-order valence-electron chi connectivity index (χ4n) is 4.00. The van der Waals surface area contributed by atoms with E-state index in [0.29, 0.717) is 19.8 Å². The van der Waals surface area contributed by atoms with Crippen LogP contribution in [0.3, 0.4) is 0 Å². The molecule has 0 spiro atoms. The van der Waals surface area contributed by atoms with Crippen LogP contribution >= 0.6 is 10.0 Å². The number of para-hydroxylation sites is 1. The van der Waals surface area contributed by atoms with E-state index < -0.39 is 10.0 Å². The van der Waals surface area contributed by atoms with Gasteiger partial charge in [-0.2, -0.15) is 5.10 Å². The molecule has 0 fully saturated rings. The molecule has 4 aromatic rings. The third-order valence-corrected chi connectivity index (χ3v) is 7.51. The van der Waals surface area contributed by atoms with Crippen LogP contribution in [0.15, 0.2) is 60.8 Å². The van der Waals surface area contributed by atoms with Crippen LogP contribution in [0, 0.1) is 0 Å². The summed E-state index contributed by atoms with van der Waals surface area (Å²) in [5.74, 6) is 1.86. The molecule has 0 radical (unpaired) electrons. The van der Waals surface area contributed by atoms with Crippen LogP contribution in [0.1, 0.15) is 19.4 Å². The highest BCUT2D eigenvalue weighted by atomic mass is 32.3. The Morgan fingerprint density at radius 3 is 2.33 bits per heavy atom. The lowest BCUT2D eigenvalue weighted by molar-refractivity contribution is -0.127. The molecule has 0 atom stereocenters. The van der Waals surface area contributed by atoms with Crippen LogP contribution < -0.4 is 10.1 Å². The summed E-state index contributed by atoms with van der Waals surface area (Å²) in [7, 11) is 8.33. The van der Waals surface area contributed by atoms with Crippen LogP contribution in [-0.2, 0) is 22.7 Å². The molecule has 2 aromatic carbocycles. The van der Waals surface area contributed by atoms with E-state index in [-0.39, 0.29) is 5.91 Å². The van der Waals surface area contributed by atoms with Gasteiger partial charge < -0.3 is 19.7 Å². The molecule has 2 heterocycles. The number of ether oxygens (including phenoxy) is 2. The number of benzene rings is 2. The van der Waals surface area contributed by atoms with E-state index in [9.17, 15) is 4.79 Å². The molecule has 0 aliphatic carbocycles. The fourth-order valence-corrected chi connectivity index (χ4v) is 4.62. The Hall–Kier alpha value is -3.40. The van der Waals surface area contributed by atoms with Crippen molar-refractivity contribution in [3.05, 3.63) is 66.4 Å². The van der Waals surface area contributed by atoms with Crippen LogP contribution in [0.2, 0.25) is 0 Å². The molecule has 9 heteroatoms.